The maximum absolute atomic E-state index is 11.9. The highest BCUT2D eigenvalue weighted by atomic mass is 16.6. The van der Waals surface area contributed by atoms with Gasteiger partial charge in [0.15, 0.2) is 6.61 Å². The molecule has 0 saturated heterocycles. The van der Waals surface area contributed by atoms with Gasteiger partial charge in [0.2, 0.25) is 0 Å². The van der Waals surface area contributed by atoms with Gasteiger partial charge in [-0.2, -0.15) is 0 Å². The molecular weight excluding hydrogens is 332 g/mol. The summed E-state index contributed by atoms with van der Waals surface area (Å²) >= 11 is 0. The summed E-state index contributed by atoms with van der Waals surface area (Å²) in [6, 6.07) is 20.2. The molecule has 132 valence electrons. The number of hydrogen-bond donors (Lipinski definition) is 0. The number of hydrogen-bond acceptors (Lipinski definition) is 5. The number of rotatable bonds is 6. The fourth-order valence-electron chi connectivity index (χ4n) is 2.46. The number of ether oxygens (including phenoxy) is 3. The smallest absolute Gasteiger partial charge is 0.344 e. The van der Waals surface area contributed by atoms with E-state index in [1.165, 1.54) is 7.11 Å². The average Bonchev–Trinajstić information content (AvgIpc) is 2.70. The van der Waals surface area contributed by atoms with Crippen LogP contribution >= 0.6 is 0 Å². The van der Waals surface area contributed by atoms with Crippen LogP contribution in [0.15, 0.2) is 66.7 Å². The van der Waals surface area contributed by atoms with E-state index in [4.69, 9.17) is 9.47 Å². The second-order valence-electron chi connectivity index (χ2n) is 5.65. The van der Waals surface area contributed by atoms with Crippen LogP contribution in [0.25, 0.3) is 10.8 Å². The highest BCUT2D eigenvalue weighted by Gasteiger charge is 2.07. The number of fused-ring (bicyclic) bond motifs is 1. The summed E-state index contributed by atoms with van der Waals surface area (Å²) < 4.78 is 15.3. The lowest BCUT2D eigenvalue weighted by Gasteiger charge is -2.08. The molecule has 0 atom stereocenters. The first-order valence-electron chi connectivity index (χ1n) is 8.10. The van der Waals surface area contributed by atoms with E-state index in [-0.39, 0.29) is 13.2 Å². The molecule has 0 spiro atoms. The quantitative estimate of drug-likeness (QED) is 0.634. The molecule has 0 saturated carbocycles. The standard InChI is InChI=1S/C21H18O5/c1-24-21(23)17-8-6-15(7-9-17)13-26-20(22)14-25-19-11-10-16-4-2-3-5-18(16)12-19/h2-12H,13-14H2,1H3. The summed E-state index contributed by atoms with van der Waals surface area (Å²) in [7, 11) is 1.33. The summed E-state index contributed by atoms with van der Waals surface area (Å²) in [6.07, 6.45) is 0. The Bertz CT molecular complexity index is 915. The van der Waals surface area contributed by atoms with E-state index in [0.29, 0.717) is 11.3 Å². The van der Waals surface area contributed by atoms with Gasteiger partial charge in [-0.15, -0.1) is 0 Å². The van der Waals surface area contributed by atoms with Crippen molar-refractivity contribution in [3.63, 3.8) is 0 Å². The molecule has 3 aromatic rings. The van der Waals surface area contributed by atoms with E-state index < -0.39 is 11.9 Å². The van der Waals surface area contributed by atoms with Gasteiger partial charge in [0.1, 0.15) is 12.4 Å². The molecule has 0 fully saturated rings. The summed E-state index contributed by atoms with van der Waals surface area (Å²) in [5.41, 5.74) is 1.22. The van der Waals surface area contributed by atoms with Gasteiger partial charge < -0.3 is 14.2 Å². The fraction of sp³-hybridized carbons (Fsp3) is 0.143. The third kappa shape index (κ3) is 4.39. The zero-order chi connectivity index (χ0) is 18.4. The molecular formula is C21H18O5. The largest absolute Gasteiger partial charge is 0.482 e. The average molecular weight is 350 g/mol. The van der Waals surface area contributed by atoms with Gasteiger partial charge in [-0.1, -0.05) is 42.5 Å². The molecule has 0 aliphatic heterocycles. The third-order valence-electron chi connectivity index (χ3n) is 3.85. The van der Waals surface area contributed by atoms with Gasteiger partial charge in [-0.25, -0.2) is 9.59 Å². The molecule has 0 aromatic heterocycles. The van der Waals surface area contributed by atoms with Gasteiger partial charge in [-0.3, -0.25) is 0 Å². The first-order valence-corrected chi connectivity index (χ1v) is 8.10. The zero-order valence-corrected chi connectivity index (χ0v) is 14.3. The van der Waals surface area contributed by atoms with E-state index in [1.54, 1.807) is 24.3 Å². The van der Waals surface area contributed by atoms with Gasteiger partial charge >= 0.3 is 11.9 Å². The predicted octanol–water partition coefficient (Wildman–Crippen LogP) is 3.75. The molecule has 0 aliphatic carbocycles. The topological polar surface area (TPSA) is 61.8 Å². The molecule has 0 radical (unpaired) electrons. The van der Waals surface area contributed by atoms with E-state index in [2.05, 4.69) is 4.74 Å². The van der Waals surface area contributed by atoms with Crippen molar-refractivity contribution < 1.29 is 23.8 Å². The van der Waals surface area contributed by atoms with Crippen molar-refractivity contribution in [3.05, 3.63) is 77.9 Å². The van der Waals surface area contributed by atoms with Crippen molar-refractivity contribution in [1.29, 1.82) is 0 Å². The highest BCUT2D eigenvalue weighted by molar-refractivity contribution is 5.89. The van der Waals surface area contributed by atoms with Crippen molar-refractivity contribution in [1.82, 2.24) is 0 Å². The van der Waals surface area contributed by atoms with Crippen LogP contribution in [0.5, 0.6) is 5.75 Å². The predicted molar refractivity (Wildman–Crippen MR) is 97.0 cm³/mol. The second kappa shape index (κ2) is 8.16. The van der Waals surface area contributed by atoms with Gasteiger partial charge in [0, 0.05) is 0 Å². The minimum atomic E-state index is -0.463. The number of benzene rings is 3. The number of methoxy groups -OCH3 is 1. The van der Waals surface area contributed by atoms with Crippen LogP contribution < -0.4 is 4.74 Å². The Hall–Kier alpha value is -3.34. The highest BCUT2D eigenvalue weighted by Crippen LogP contribution is 2.20. The normalized spacial score (nSPS) is 10.3. The van der Waals surface area contributed by atoms with Gasteiger partial charge in [0.25, 0.3) is 0 Å². The van der Waals surface area contributed by atoms with E-state index in [9.17, 15) is 9.59 Å². The van der Waals surface area contributed by atoms with Crippen LogP contribution in [0.2, 0.25) is 0 Å². The summed E-state index contributed by atoms with van der Waals surface area (Å²) in [6.45, 7) is -0.0556. The maximum atomic E-state index is 11.9. The van der Waals surface area contributed by atoms with Crippen molar-refractivity contribution in [2.24, 2.45) is 0 Å². The molecule has 3 aromatic carbocycles. The molecule has 0 unspecified atom stereocenters. The van der Waals surface area contributed by atoms with Crippen LogP contribution in [0.1, 0.15) is 15.9 Å². The third-order valence-corrected chi connectivity index (χ3v) is 3.85. The fourth-order valence-corrected chi connectivity index (χ4v) is 2.46. The van der Waals surface area contributed by atoms with Gasteiger partial charge in [0.05, 0.1) is 12.7 Å². The molecule has 26 heavy (non-hydrogen) atoms. The first kappa shape index (κ1) is 17.5. The zero-order valence-electron chi connectivity index (χ0n) is 14.3. The molecule has 5 nitrogen and oxygen atoms in total. The molecule has 0 heterocycles. The molecule has 0 aliphatic rings. The minimum Gasteiger partial charge on any atom is -0.482 e. The minimum absolute atomic E-state index is 0.112. The monoisotopic (exact) mass is 350 g/mol. The Kier molecular flexibility index (Phi) is 5.49. The molecule has 0 bridgehead atoms. The van der Waals surface area contributed by atoms with Crippen molar-refractivity contribution in [2.75, 3.05) is 13.7 Å². The number of carbonyl (C=O) groups is 2. The van der Waals surface area contributed by atoms with Crippen molar-refractivity contribution in [3.8, 4) is 5.75 Å². The van der Waals surface area contributed by atoms with Gasteiger partial charge in [-0.05, 0) is 40.6 Å². The lowest BCUT2D eigenvalue weighted by molar-refractivity contribution is -0.147. The Balaban J connectivity index is 1.50. The summed E-state index contributed by atoms with van der Waals surface area (Å²) in [4.78, 5) is 23.2. The van der Waals surface area contributed by atoms with Crippen molar-refractivity contribution in [2.45, 2.75) is 6.61 Å². The lowest BCUT2D eigenvalue weighted by Crippen LogP contribution is -2.14. The van der Waals surface area contributed by atoms with Crippen LogP contribution in [0.3, 0.4) is 0 Å². The first-order chi connectivity index (χ1) is 12.7. The summed E-state index contributed by atoms with van der Waals surface area (Å²) in [5.74, 6) is -0.254. The van der Waals surface area contributed by atoms with Crippen molar-refractivity contribution >= 4 is 22.7 Å². The van der Waals surface area contributed by atoms with E-state index >= 15 is 0 Å². The molecule has 0 amide bonds. The maximum Gasteiger partial charge on any atom is 0.344 e. The Morgan fingerprint density at radius 1 is 0.885 bits per heavy atom. The van der Waals surface area contributed by atoms with Crippen LogP contribution in [0, 0.1) is 0 Å². The SMILES string of the molecule is COC(=O)c1ccc(COC(=O)COc2ccc3ccccc3c2)cc1. The second-order valence-corrected chi connectivity index (χ2v) is 5.65. The van der Waals surface area contributed by atoms with Crippen LogP contribution in [-0.4, -0.2) is 25.7 Å². The Morgan fingerprint density at radius 2 is 1.62 bits per heavy atom. The molecule has 0 N–H and O–H groups in total. The molecule has 5 heteroatoms. The Morgan fingerprint density at radius 3 is 2.35 bits per heavy atom. The lowest BCUT2D eigenvalue weighted by atomic mass is 10.1. The van der Waals surface area contributed by atoms with E-state index in [0.717, 1.165) is 16.3 Å². The molecule has 3 rings (SSSR count). The number of carbonyl (C=O) groups excluding carboxylic acids is 2. The van der Waals surface area contributed by atoms with E-state index in [1.807, 2.05) is 42.5 Å². The van der Waals surface area contributed by atoms with Crippen LogP contribution in [-0.2, 0) is 20.9 Å². The van der Waals surface area contributed by atoms with Crippen LogP contribution in [0.4, 0.5) is 0 Å². The number of esters is 2. The summed E-state index contributed by atoms with van der Waals surface area (Å²) in [5, 5.41) is 2.15. The Labute approximate surface area is 151 Å².